The fraction of sp³-hybridized carbons (Fsp3) is 0.222. The second-order valence-corrected chi connectivity index (χ2v) is 7.35. The summed E-state index contributed by atoms with van der Waals surface area (Å²) in [5, 5.41) is 4.14. The maximum absolute atomic E-state index is 12.0. The summed E-state index contributed by atoms with van der Waals surface area (Å²) in [6, 6.07) is 13.3. The number of hydrogen-bond acceptors (Lipinski definition) is 3. The molecule has 0 aliphatic carbocycles. The molecule has 0 saturated carbocycles. The van der Waals surface area contributed by atoms with Gasteiger partial charge in [-0.15, -0.1) is 11.8 Å². The molecule has 0 saturated heterocycles. The Bertz CT molecular complexity index is 882. The Balaban J connectivity index is 1.41. The van der Waals surface area contributed by atoms with Crippen molar-refractivity contribution in [3.8, 4) is 0 Å². The molecule has 0 atom stereocenters. The molecule has 0 unspecified atom stereocenters. The average molecular weight is 394 g/mol. The summed E-state index contributed by atoms with van der Waals surface area (Å²) >= 11 is 13.4. The van der Waals surface area contributed by atoms with Crippen LogP contribution in [0.1, 0.15) is 6.42 Å². The molecule has 0 aliphatic heterocycles. The number of nitrogens with zero attached hydrogens (tertiary/aromatic N) is 2. The summed E-state index contributed by atoms with van der Waals surface area (Å²) in [4.78, 5) is 17.1. The SMILES string of the molecule is O=C(CSc1cc(Cl)ccc1Cl)NCCCn1cnc2ccccc21. The van der Waals surface area contributed by atoms with E-state index in [0.29, 0.717) is 22.3 Å². The third-order valence-corrected chi connectivity index (χ3v) is 5.41. The minimum Gasteiger partial charge on any atom is -0.355 e. The number of aryl methyl sites for hydroxylation is 1. The predicted molar refractivity (Wildman–Crippen MR) is 105 cm³/mol. The molecule has 2 aromatic carbocycles. The first kappa shape index (κ1) is 18.1. The number of carbonyl (C=O) groups is 1. The molecule has 3 rings (SSSR count). The van der Waals surface area contributed by atoms with E-state index in [9.17, 15) is 4.79 Å². The lowest BCUT2D eigenvalue weighted by Crippen LogP contribution is -2.26. The normalized spacial score (nSPS) is 11.0. The van der Waals surface area contributed by atoms with Crippen molar-refractivity contribution in [3.05, 3.63) is 58.8 Å². The first-order chi connectivity index (χ1) is 12.1. The van der Waals surface area contributed by atoms with Gasteiger partial charge >= 0.3 is 0 Å². The summed E-state index contributed by atoms with van der Waals surface area (Å²) in [5.74, 6) is 0.296. The number of fused-ring (bicyclic) bond motifs is 1. The van der Waals surface area contributed by atoms with E-state index in [0.717, 1.165) is 28.9 Å². The zero-order valence-electron chi connectivity index (χ0n) is 13.4. The number of amides is 1. The number of carbonyl (C=O) groups excluding carboxylic acids is 1. The van der Waals surface area contributed by atoms with Gasteiger partial charge in [-0.1, -0.05) is 35.3 Å². The van der Waals surface area contributed by atoms with Crippen LogP contribution >= 0.6 is 35.0 Å². The largest absolute Gasteiger partial charge is 0.355 e. The van der Waals surface area contributed by atoms with Crippen LogP contribution in [-0.4, -0.2) is 27.8 Å². The summed E-state index contributed by atoms with van der Waals surface area (Å²) in [6.45, 7) is 1.43. The van der Waals surface area contributed by atoms with Crippen LogP contribution < -0.4 is 5.32 Å². The summed E-state index contributed by atoms with van der Waals surface area (Å²) in [7, 11) is 0. The van der Waals surface area contributed by atoms with Crippen molar-refractivity contribution in [2.45, 2.75) is 17.9 Å². The molecule has 130 valence electrons. The van der Waals surface area contributed by atoms with Crippen LogP contribution in [0.5, 0.6) is 0 Å². The molecule has 0 fully saturated rings. The third kappa shape index (κ3) is 4.91. The molecule has 4 nitrogen and oxygen atoms in total. The molecule has 0 aliphatic rings. The molecule has 1 N–H and O–H groups in total. The van der Waals surface area contributed by atoms with E-state index >= 15 is 0 Å². The summed E-state index contributed by atoms with van der Waals surface area (Å²) < 4.78 is 2.10. The number of para-hydroxylation sites is 2. The maximum atomic E-state index is 12.0. The highest BCUT2D eigenvalue weighted by molar-refractivity contribution is 8.00. The molecule has 0 bridgehead atoms. The van der Waals surface area contributed by atoms with Crippen LogP contribution in [0.25, 0.3) is 11.0 Å². The fourth-order valence-corrected chi connectivity index (χ4v) is 3.77. The topological polar surface area (TPSA) is 46.9 Å². The number of hydrogen-bond donors (Lipinski definition) is 1. The van der Waals surface area contributed by atoms with Gasteiger partial charge in [-0.05, 0) is 36.8 Å². The number of aromatic nitrogens is 2. The number of nitrogens with one attached hydrogen (secondary N) is 1. The van der Waals surface area contributed by atoms with Crippen molar-refractivity contribution < 1.29 is 4.79 Å². The van der Waals surface area contributed by atoms with Gasteiger partial charge < -0.3 is 9.88 Å². The summed E-state index contributed by atoms with van der Waals surface area (Å²) in [6.07, 6.45) is 2.68. The third-order valence-electron chi connectivity index (χ3n) is 3.68. The van der Waals surface area contributed by atoms with Crippen molar-refractivity contribution in [1.29, 1.82) is 0 Å². The van der Waals surface area contributed by atoms with Gasteiger partial charge in [0.1, 0.15) is 0 Å². The van der Waals surface area contributed by atoms with Gasteiger partial charge in [-0.25, -0.2) is 4.98 Å². The molecule has 1 heterocycles. The number of rotatable bonds is 7. The Labute approximate surface area is 160 Å². The molecular formula is C18H17Cl2N3OS. The van der Waals surface area contributed by atoms with Crippen LogP contribution in [0.3, 0.4) is 0 Å². The quantitative estimate of drug-likeness (QED) is 0.469. The van der Waals surface area contributed by atoms with Gasteiger partial charge in [0.2, 0.25) is 5.91 Å². The lowest BCUT2D eigenvalue weighted by molar-refractivity contribution is -0.118. The molecule has 1 aromatic heterocycles. The monoisotopic (exact) mass is 393 g/mol. The second-order valence-electron chi connectivity index (χ2n) is 5.49. The standard InChI is InChI=1S/C18H17Cl2N3OS/c19-13-6-7-14(20)17(10-13)25-11-18(24)21-8-3-9-23-12-22-15-4-1-2-5-16(15)23/h1-2,4-7,10,12H,3,8-9,11H2,(H,21,24). The molecule has 3 aromatic rings. The van der Waals surface area contributed by atoms with Gasteiger partial charge in [-0.3, -0.25) is 4.79 Å². The van der Waals surface area contributed by atoms with Crippen molar-refractivity contribution in [2.75, 3.05) is 12.3 Å². The van der Waals surface area contributed by atoms with Crippen LogP contribution in [0, 0.1) is 0 Å². The van der Waals surface area contributed by atoms with Crippen LogP contribution in [-0.2, 0) is 11.3 Å². The van der Waals surface area contributed by atoms with E-state index in [4.69, 9.17) is 23.2 Å². The highest BCUT2D eigenvalue weighted by Gasteiger charge is 2.07. The van der Waals surface area contributed by atoms with E-state index in [1.807, 2.05) is 30.6 Å². The Hall–Kier alpha value is -1.69. The number of imidazole rings is 1. The first-order valence-electron chi connectivity index (χ1n) is 7.88. The van der Waals surface area contributed by atoms with E-state index in [1.54, 1.807) is 18.2 Å². The smallest absolute Gasteiger partial charge is 0.230 e. The Morgan fingerprint density at radius 2 is 2.04 bits per heavy atom. The van der Waals surface area contributed by atoms with Gasteiger partial charge in [0.15, 0.2) is 0 Å². The van der Waals surface area contributed by atoms with Crippen LogP contribution in [0.2, 0.25) is 10.0 Å². The first-order valence-corrected chi connectivity index (χ1v) is 9.62. The molecule has 1 amide bonds. The van der Waals surface area contributed by atoms with Crippen molar-refractivity contribution in [1.82, 2.24) is 14.9 Å². The molecule has 0 radical (unpaired) electrons. The second kappa shape index (κ2) is 8.61. The minimum absolute atomic E-state index is 0.0171. The van der Waals surface area contributed by atoms with E-state index in [1.165, 1.54) is 11.8 Å². The highest BCUT2D eigenvalue weighted by Crippen LogP contribution is 2.29. The zero-order chi connectivity index (χ0) is 17.6. The van der Waals surface area contributed by atoms with E-state index < -0.39 is 0 Å². The predicted octanol–water partition coefficient (Wildman–Crippen LogP) is 4.64. The van der Waals surface area contributed by atoms with Gasteiger partial charge in [-0.2, -0.15) is 0 Å². The molecule has 0 spiro atoms. The lowest BCUT2D eigenvalue weighted by Gasteiger charge is -2.07. The Morgan fingerprint density at radius 1 is 1.20 bits per heavy atom. The van der Waals surface area contributed by atoms with Gasteiger partial charge in [0, 0.05) is 23.0 Å². The van der Waals surface area contributed by atoms with Crippen molar-refractivity contribution in [3.63, 3.8) is 0 Å². The van der Waals surface area contributed by atoms with Gasteiger partial charge in [0.05, 0.1) is 28.1 Å². The average Bonchev–Trinajstić information content (AvgIpc) is 3.03. The zero-order valence-corrected chi connectivity index (χ0v) is 15.7. The maximum Gasteiger partial charge on any atom is 0.230 e. The van der Waals surface area contributed by atoms with Crippen molar-refractivity contribution >= 4 is 51.9 Å². The lowest BCUT2D eigenvalue weighted by atomic mass is 10.3. The summed E-state index contributed by atoms with van der Waals surface area (Å²) in [5.41, 5.74) is 2.10. The van der Waals surface area contributed by atoms with Crippen molar-refractivity contribution in [2.24, 2.45) is 0 Å². The Morgan fingerprint density at radius 3 is 2.92 bits per heavy atom. The number of benzene rings is 2. The van der Waals surface area contributed by atoms with E-state index in [-0.39, 0.29) is 5.91 Å². The van der Waals surface area contributed by atoms with Crippen LogP contribution in [0.15, 0.2) is 53.7 Å². The van der Waals surface area contributed by atoms with Gasteiger partial charge in [0.25, 0.3) is 0 Å². The molecule has 25 heavy (non-hydrogen) atoms. The molecular weight excluding hydrogens is 377 g/mol. The fourth-order valence-electron chi connectivity index (χ4n) is 2.45. The minimum atomic E-state index is -0.0171. The number of halogens is 2. The molecule has 7 heteroatoms. The Kier molecular flexibility index (Phi) is 6.24. The van der Waals surface area contributed by atoms with Crippen LogP contribution in [0.4, 0.5) is 0 Å². The highest BCUT2D eigenvalue weighted by atomic mass is 35.5. The van der Waals surface area contributed by atoms with E-state index in [2.05, 4.69) is 14.9 Å². The number of thioether (sulfide) groups is 1.